The number of carbonyl (C=O) groups is 1. The van der Waals surface area contributed by atoms with Crippen LogP contribution in [0.2, 0.25) is 0 Å². The van der Waals surface area contributed by atoms with Crippen LogP contribution < -0.4 is 5.32 Å². The third kappa shape index (κ3) is 3.14. The fourth-order valence-electron chi connectivity index (χ4n) is 2.95. The van der Waals surface area contributed by atoms with Crippen LogP contribution in [-0.4, -0.2) is 36.5 Å². The van der Waals surface area contributed by atoms with E-state index < -0.39 is 0 Å². The van der Waals surface area contributed by atoms with Gasteiger partial charge in [0.05, 0.1) is 6.04 Å². The lowest BCUT2D eigenvalue weighted by molar-refractivity contribution is -0.125. The Hall–Kier alpha value is -0.830. The standard InChI is InChI=1S/C15H26N2O/c1-11(2)13(10-12-6-4-7-12)16-15(18)14-8-5-9-17(14)3/h12-14H,1,4-10H2,2-3H3,(H,16,18). The van der Waals surface area contributed by atoms with Crippen molar-refractivity contribution in [3.63, 3.8) is 0 Å². The van der Waals surface area contributed by atoms with Gasteiger partial charge in [0, 0.05) is 6.04 Å². The normalized spacial score (nSPS) is 26.7. The van der Waals surface area contributed by atoms with Gasteiger partial charge in [-0.1, -0.05) is 31.4 Å². The maximum absolute atomic E-state index is 12.3. The first-order chi connectivity index (χ1) is 8.58. The summed E-state index contributed by atoms with van der Waals surface area (Å²) in [4.78, 5) is 14.4. The van der Waals surface area contributed by atoms with Crippen molar-refractivity contribution in [2.24, 2.45) is 5.92 Å². The molecule has 1 N–H and O–H groups in total. The molecule has 1 saturated carbocycles. The van der Waals surface area contributed by atoms with Crippen molar-refractivity contribution < 1.29 is 4.79 Å². The van der Waals surface area contributed by atoms with Crippen LogP contribution in [0.15, 0.2) is 12.2 Å². The number of hydrogen-bond acceptors (Lipinski definition) is 2. The molecule has 18 heavy (non-hydrogen) atoms. The fraction of sp³-hybridized carbons (Fsp3) is 0.800. The van der Waals surface area contributed by atoms with Crippen molar-refractivity contribution in [3.8, 4) is 0 Å². The molecule has 2 unspecified atom stereocenters. The van der Waals surface area contributed by atoms with Crippen LogP contribution in [0.1, 0.15) is 45.4 Å². The highest BCUT2D eigenvalue weighted by Crippen LogP contribution is 2.31. The minimum absolute atomic E-state index is 0.0771. The molecular formula is C15H26N2O. The third-order valence-electron chi connectivity index (χ3n) is 4.53. The van der Waals surface area contributed by atoms with Crippen LogP contribution in [0, 0.1) is 5.92 Å². The summed E-state index contributed by atoms with van der Waals surface area (Å²) in [5.41, 5.74) is 1.09. The summed E-state index contributed by atoms with van der Waals surface area (Å²) in [5.74, 6) is 0.996. The molecule has 1 aliphatic heterocycles. The summed E-state index contributed by atoms with van der Waals surface area (Å²) < 4.78 is 0. The smallest absolute Gasteiger partial charge is 0.237 e. The van der Waals surface area contributed by atoms with Gasteiger partial charge in [-0.3, -0.25) is 9.69 Å². The molecule has 0 radical (unpaired) electrons. The molecule has 2 fully saturated rings. The molecule has 1 heterocycles. The van der Waals surface area contributed by atoms with E-state index in [0.29, 0.717) is 0 Å². The number of nitrogens with zero attached hydrogens (tertiary/aromatic N) is 1. The molecule has 0 spiro atoms. The van der Waals surface area contributed by atoms with E-state index in [2.05, 4.69) is 16.8 Å². The summed E-state index contributed by atoms with van der Waals surface area (Å²) in [6.45, 7) is 7.11. The molecule has 0 aromatic rings. The van der Waals surface area contributed by atoms with Crippen molar-refractivity contribution in [2.45, 2.75) is 57.5 Å². The highest BCUT2D eigenvalue weighted by atomic mass is 16.2. The van der Waals surface area contributed by atoms with E-state index in [1.54, 1.807) is 0 Å². The van der Waals surface area contributed by atoms with E-state index >= 15 is 0 Å². The maximum atomic E-state index is 12.3. The average Bonchev–Trinajstić information content (AvgIpc) is 2.67. The van der Waals surface area contributed by atoms with E-state index in [-0.39, 0.29) is 18.0 Å². The van der Waals surface area contributed by atoms with Crippen molar-refractivity contribution >= 4 is 5.91 Å². The van der Waals surface area contributed by atoms with Gasteiger partial charge in [-0.05, 0) is 45.7 Å². The molecule has 102 valence electrons. The van der Waals surface area contributed by atoms with Crippen LogP contribution in [-0.2, 0) is 4.79 Å². The second kappa shape index (κ2) is 5.87. The predicted octanol–water partition coefficient (Wildman–Crippen LogP) is 2.33. The molecule has 2 aliphatic rings. The SMILES string of the molecule is C=C(C)C(CC1CCC1)NC(=O)C1CCCN1C. The van der Waals surface area contributed by atoms with Gasteiger partial charge in [-0.2, -0.15) is 0 Å². The topological polar surface area (TPSA) is 32.3 Å². The van der Waals surface area contributed by atoms with Gasteiger partial charge >= 0.3 is 0 Å². The largest absolute Gasteiger partial charge is 0.348 e. The number of nitrogens with one attached hydrogen (secondary N) is 1. The molecule has 1 saturated heterocycles. The van der Waals surface area contributed by atoms with E-state index in [1.807, 2.05) is 14.0 Å². The molecule has 1 aliphatic carbocycles. The molecule has 3 heteroatoms. The Morgan fingerprint density at radius 2 is 2.11 bits per heavy atom. The van der Waals surface area contributed by atoms with Gasteiger partial charge in [-0.15, -0.1) is 0 Å². The van der Waals surface area contributed by atoms with E-state index in [9.17, 15) is 4.79 Å². The molecule has 3 nitrogen and oxygen atoms in total. The second-order valence-electron chi connectivity index (χ2n) is 6.08. The Balaban J connectivity index is 1.87. The number of hydrogen-bond donors (Lipinski definition) is 1. The first-order valence-corrected chi connectivity index (χ1v) is 7.24. The lowest BCUT2D eigenvalue weighted by Crippen LogP contribution is -2.46. The van der Waals surface area contributed by atoms with Gasteiger partial charge in [0.25, 0.3) is 0 Å². The van der Waals surface area contributed by atoms with Crippen molar-refractivity contribution in [1.29, 1.82) is 0 Å². The van der Waals surface area contributed by atoms with Gasteiger partial charge in [0.1, 0.15) is 0 Å². The Morgan fingerprint density at radius 1 is 1.39 bits per heavy atom. The van der Waals surface area contributed by atoms with Crippen molar-refractivity contribution in [2.75, 3.05) is 13.6 Å². The Morgan fingerprint density at radius 3 is 2.56 bits per heavy atom. The summed E-state index contributed by atoms with van der Waals surface area (Å²) in [7, 11) is 2.04. The number of likely N-dealkylation sites (tertiary alicyclic amines) is 1. The van der Waals surface area contributed by atoms with Crippen LogP contribution in [0.25, 0.3) is 0 Å². The highest BCUT2D eigenvalue weighted by molar-refractivity contribution is 5.82. The Kier molecular flexibility index (Phi) is 4.44. The van der Waals surface area contributed by atoms with Crippen LogP contribution in [0.5, 0.6) is 0 Å². The summed E-state index contributed by atoms with van der Waals surface area (Å²) in [6.07, 6.45) is 7.21. The van der Waals surface area contributed by atoms with Crippen LogP contribution >= 0.6 is 0 Å². The minimum atomic E-state index is 0.0771. The quantitative estimate of drug-likeness (QED) is 0.760. The number of likely N-dealkylation sites (N-methyl/N-ethyl adjacent to an activating group) is 1. The average molecular weight is 250 g/mol. The van der Waals surface area contributed by atoms with E-state index in [4.69, 9.17) is 0 Å². The molecule has 0 bridgehead atoms. The zero-order valence-electron chi connectivity index (χ0n) is 11.7. The lowest BCUT2D eigenvalue weighted by atomic mass is 9.80. The van der Waals surface area contributed by atoms with Crippen molar-refractivity contribution in [3.05, 3.63) is 12.2 Å². The van der Waals surface area contributed by atoms with Gasteiger partial charge < -0.3 is 5.32 Å². The summed E-state index contributed by atoms with van der Waals surface area (Å²) >= 11 is 0. The number of amides is 1. The highest BCUT2D eigenvalue weighted by Gasteiger charge is 2.30. The monoisotopic (exact) mass is 250 g/mol. The first kappa shape index (κ1) is 13.6. The van der Waals surface area contributed by atoms with Gasteiger partial charge in [-0.25, -0.2) is 0 Å². The lowest BCUT2D eigenvalue weighted by Gasteiger charge is -2.31. The summed E-state index contributed by atoms with van der Waals surface area (Å²) in [5, 5.41) is 3.21. The Bertz CT molecular complexity index is 322. The molecule has 1 amide bonds. The Labute approximate surface area is 111 Å². The molecule has 2 rings (SSSR count). The second-order valence-corrected chi connectivity index (χ2v) is 6.08. The number of rotatable bonds is 5. The fourth-order valence-corrected chi connectivity index (χ4v) is 2.95. The third-order valence-corrected chi connectivity index (χ3v) is 4.53. The molecule has 0 aromatic carbocycles. The predicted molar refractivity (Wildman–Crippen MR) is 74.4 cm³/mol. The van der Waals surface area contributed by atoms with Crippen LogP contribution in [0.4, 0.5) is 0 Å². The van der Waals surface area contributed by atoms with E-state index in [1.165, 1.54) is 19.3 Å². The summed E-state index contributed by atoms with van der Waals surface area (Å²) in [6, 6.07) is 0.255. The zero-order chi connectivity index (χ0) is 13.1. The van der Waals surface area contributed by atoms with E-state index in [0.717, 1.165) is 37.3 Å². The van der Waals surface area contributed by atoms with Crippen LogP contribution in [0.3, 0.4) is 0 Å². The maximum Gasteiger partial charge on any atom is 0.237 e. The zero-order valence-corrected chi connectivity index (χ0v) is 11.7. The van der Waals surface area contributed by atoms with Gasteiger partial charge in [0.15, 0.2) is 0 Å². The van der Waals surface area contributed by atoms with Gasteiger partial charge in [0.2, 0.25) is 5.91 Å². The minimum Gasteiger partial charge on any atom is -0.348 e. The first-order valence-electron chi connectivity index (χ1n) is 7.24. The molecule has 0 aromatic heterocycles. The number of carbonyl (C=O) groups excluding carboxylic acids is 1. The molecular weight excluding hydrogens is 224 g/mol. The van der Waals surface area contributed by atoms with Crippen molar-refractivity contribution in [1.82, 2.24) is 10.2 Å². The molecule has 2 atom stereocenters.